The van der Waals surface area contributed by atoms with Crippen molar-refractivity contribution in [1.29, 1.82) is 0 Å². The monoisotopic (exact) mass is 327 g/mol. The number of amides is 1. The first kappa shape index (κ1) is 15.7. The van der Waals surface area contributed by atoms with Crippen LogP contribution < -0.4 is 10.6 Å². The number of nitrogens with two attached hydrogens (primary N) is 1. The molecule has 1 aliphatic heterocycles. The predicted molar refractivity (Wildman–Crippen MR) is 88.0 cm³/mol. The molecule has 1 aromatic carbocycles. The van der Waals surface area contributed by atoms with Crippen molar-refractivity contribution < 1.29 is 14.7 Å². The highest BCUT2D eigenvalue weighted by Gasteiger charge is 2.24. The third-order valence-electron chi connectivity index (χ3n) is 3.95. The Balaban J connectivity index is 1.64. The number of aromatic nitrogens is 2. The van der Waals surface area contributed by atoms with E-state index in [1.165, 1.54) is 6.07 Å². The molecule has 0 unspecified atom stereocenters. The van der Waals surface area contributed by atoms with E-state index in [0.717, 1.165) is 0 Å². The normalized spacial score (nSPS) is 14.5. The molecule has 1 aliphatic rings. The molecule has 1 saturated heterocycles. The van der Waals surface area contributed by atoms with Gasteiger partial charge in [0.25, 0.3) is 5.91 Å². The van der Waals surface area contributed by atoms with Gasteiger partial charge in [0.2, 0.25) is 0 Å². The van der Waals surface area contributed by atoms with E-state index in [0.29, 0.717) is 43.2 Å². The highest BCUT2D eigenvalue weighted by atomic mass is 16.4. The van der Waals surface area contributed by atoms with Gasteiger partial charge in [-0.05, 0) is 24.3 Å². The third kappa shape index (κ3) is 3.12. The van der Waals surface area contributed by atoms with Crippen molar-refractivity contribution in [1.82, 2.24) is 15.1 Å². The van der Waals surface area contributed by atoms with Crippen LogP contribution in [0.3, 0.4) is 0 Å². The first-order chi connectivity index (χ1) is 11.6. The Labute approximate surface area is 138 Å². The zero-order chi connectivity index (χ0) is 17.1. The quantitative estimate of drug-likeness (QED) is 0.799. The van der Waals surface area contributed by atoms with Crippen LogP contribution in [0.25, 0.3) is 0 Å². The lowest BCUT2D eigenvalue weighted by Gasteiger charge is -2.35. The van der Waals surface area contributed by atoms with E-state index in [1.54, 1.807) is 35.2 Å². The molecule has 0 saturated carbocycles. The number of nitrogens with zero attached hydrogens (tertiary/aromatic N) is 4. The summed E-state index contributed by atoms with van der Waals surface area (Å²) < 4.78 is 0. The number of hydrogen-bond donors (Lipinski definition) is 2. The van der Waals surface area contributed by atoms with E-state index in [1.807, 2.05) is 4.90 Å². The van der Waals surface area contributed by atoms with Crippen molar-refractivity contribution in [2.45, 2.75) is 0 Å². The van der Waals surface area contributed by atoms with Crippen molar-refractivity contribution in [3.8, 4) is 0 Å². The Morgan fingerprint density at radius 1 is 1.00 bits per heavy atom. The molecule has 24 heavy (non-hydrogen) atoms. The van der Waals surface area contributed by atoms with E-state index in [-0.39, 0.29) is 11.6 Å². The molecule has 8 heteroatoms. The summed E-state index contributed by atoms with van der Waals surface area (Å²) in [6, 6.07) is 10.1. The number of hydrogen-bond acceptors (Lipinski definition) is 6. The predicted octanol–water partition coefficient (Wildman–Crippen LogP) is 0.719. The van der Waals surface area contributed by atoms with Gasteiger partial charge in [-0.25, -0.2) is 4.79 Å². The van der Waals surface area contributed by atoms with E-state index >= 15 is 0 Å². The molecule has 3 rings (SSSR count). The third-order valence-corrected chi connectivity index (χ3v) is 3.95. The number of aromatic carboxylic acids is 1. The summed E-state index contributed by atoms with van der Waals surface area (Å²) in [5, 5.41) is 16.5. The minimum atomic E-state index is -1.11. The second-order valence-corrected chi connectivity index (χ2v) is 5.45. The van der Waals surface area contributed by atoms with Gasteiger partial charge in [-0.2, -0.15) is 0 Å². The smallest absolute Gasteiger partial charge is 0.356 e. The summed E-state index contributed by atoms with van der Waals surface area (Å²) in [7, 11) is 0. The highest BCUT2D eigenvalue weighted by Crippen LogP contribution is 2.17. The minimum absolute atomic E-state index is 0.0833. The van der Waals surface area contributed by atoms with Crippen LogP contribution in [0.5, 0.6) is 0 Å². The van der Waals surface area contributed by atoms with Gasteiger partial charge in [0.05, 0.1) is 5.56 Å². The van der Waals surface area contributed by atoms with Crippen LogP contribution in [0.1, 0.15) is 20.8 Å². The van der Waals surface area contributed by atoms with Crippen LogP contribution in [-0.2, 0) is 0 Å². The van der Waals surface area contributed by atoms with Gasteiger partial charge in [0, 0.05) is 31.9 Å². The van der Waals surface area contributed by atoms with Crippen molar-refractivity contribution >= 4 is 23.4 Å². The lowest BCUT2D eigenvalue weighted by Crippen LogP contribution is -2.49. The molecular formula is C16H17N5O3. The van der Waals surface area contributed by atoms with Gasteiger partial charge >= 0.3 is 5.97 Å². The Kier molecular flexibility index (Phi) is 4.28. The fraction of sp³-hybridized carbons (Fsp3) is 0.250. The SMILES string of the molecule is Nc1ccccc1C(=O)N1CCN(c2ccc(C(=O)O)nn2)CC1. The summed E-state index contributed by atoms with van der Waals surface area (Å²) in [5.74, 6) is -0.587. The average molecular weight is 327 g/mol. The molecule has 0 atom stereocenters. The Hall–Kier alpha value is -3.16. The lowest BCUT2D eigenvalue weighted by molar-refractivity contribution is 0.0687. The Morgan fingerprint density at radius 2 is 1.71 bits per heavy atom. The Morgan fingerprint density at radius 3 is 2.29 bits per heavy atom. The fourth-order valence-electron chi connectivity index (χ4n) is 2.61. The van der Waals surface area contributed by atoms with E-state index in [4.69, 9.17) is 10.8 Å². The van der Waals surface area contributed by atoms with Crippen LogP contribution in [0.15, 0.2) is 36.4 Å². The van der Waals surface area contributed by atoms with Gasteiger partial charge in [-0.3, -0.25) is 4.79 Å². The van der Waals surface area contributed by atoms with Crippen LogP contribution in [-0.4, -0.2) is 58.3 Å². The number of benzene rings is 1. The standard InChI is InChI=1S/C16H17N5O3/c17-12-4-2-1-3-11(12)15(22)21-9-7-20(8-10-21)14-6-5-13(16(23)24)18-19-14/h1-6H,7-10,17H2,(H,23,24). The number of rotatable bonds is 3. The van der Waals surface area contributed by atoms with E-state index in [2.05, 4.69) is 10.2 Å². The second-order valence-electron chi connectivity index (χ2n) is 5.45. The van der Waals surface area contributed by atoms with Gasteiger partial charge < -0.3 is 20.6 Å². The number of carboxylic acid groups (broad SMARTS) is 1. The van der Waals surface area contributed by atoms with Crippen LogP contribution >= 0.6 is 0 Å². The fourth-order valence-corrected chi connectivity index (χ4v) is 2.61. The number of nitrogen functional groups attached to an aromatic ring is 1. The van der Waals surface area contributed by atoms with Crippen LogP contribution in [0, 0.1) is 0 Å². The summed E-state index contributed by atoms with van der Waals surface area (Å²) in [6.07, 6.45) is 0. The number of carbonyl (C=O) groups excluding carboxylic acids is 1. The summed E-state index contributed by atoms with van der Waals surface area (Å²) in [5.41, 5.74) is 6.75. The molecule has 1 aromatic heterocycles. The van der Waals surface area contributed by atoms with Crippen LogP contribution in [0.2, 0.25) is 0 Å². The zero-order valence-corrected chi connectivity index (χ0v) is 12.9. The molecule has 0 aliphatic carbocycles. The lowest BCUT2D eigenvalue weighted by atomic mass is 10.1. The largest absolute Gasteiger partial charge is 0.476 e. The number of carbonyl (C=O) groups is 2. The van der Waals surface area contributed by atoms with Crippen molar-refractivity contribution in [2.24, 2.45) is 0 Å². The molecule has 1 amide bonds. The molecule has 8 nitrogen and oxygen atoms in total. The molecule has 3 N–H and O–H groups in total. The molecule has 0 spiro atoms. The van der Waals surface area contributed by atoms with Gasteiger partial charge in [-0.15, -0.1) is 10.2 Å². The van der Waals surface area contributed by atoms with Crippen molar-refractivity contribution in [3.63, 3.8) is 0 Å². The maximum absolute atomic E-state index is 12.5. The molecule has 1 fully saturated rings. The molecule has 124 valence electrons. The minimum Gasteiger partial charge on any atom is -0.476 e. The summed E-state index contributed by atoms with van der Waals surface area (Å²) >= 11 is 0. The number of para-hydroxylation sites is 1. The molecule has 0 bridgehead atoms. The first-order valence-electron chi connectivity index (χ1n) is 7.52. The first-order valence-corrected chi connectivity index (χ1v) is 7.52. The Bertz CT molecular complexity index is 755. The van der Waals surface area contributed by atoms with Gasteiger partial charge in [0.15, 0.2) is 11.5 Å². The van der Waals surface area contributed by atoms with Gasteiger partial charge in [-0.1, -0.05) is 12.1 Å². The second kappa shape index (κ2) is 6.53. The highest BCUT2D eigenvalue weighted by molar-refractivity contribution is 5.99. The van der Waals surface area contributed by atoms with Crippen LogP contribution in [0.4, 0.5) is 11.5 Å². The number of anilines is 2. The molecule has 2 heterocycles. The summed E-state index contributed by atoms with van der Waals surface area (Å²) in [6.45, 7) is 2.27. The number of carboxylic acids is 1. The maximum Gasteiger partial charge on any atom is 0.356 e. The van der Waals surface area contributed by atoms with Crippen molar-refractivity contribution in [3.05, 3.63) is 47.7 Å². The van der Waals surface area contributed by atoms with Crippen molar-refractivity contribution in [2.75, 3.05) is 36.8 Å². The topological polar surface area (TPSA) is 113 Å². The molecule has 0 radical (unpaired) electrons. The molecule has 2 aromatic rings. The van der Waals surface area contributed by atoms with E-state index in [9.17, 15) is 9.59 Å². The van der Waals surface area contributed by atoms with Gasteiger partial charge in [0.1, 0.15) is 0 Å². The number of piperazine rings is 1. The zero-order valence-electron chi connectivity index (χ0n) is 12.9. The van der Waals surface area contributed by atoms with E-state index < -0.39 is 5.97 Å². The summed E-state index contributed by atoms with van der Waals surface area (Å²) in [4.78, 5) is 27.0. The molecular weight excluding hydrogens is 310 g/mol. The average Bonchev–Trinajstić information content (AvgIpc) is 2.62. The maximum atomic E-state index is 12.5.